The minimum atomic E-state index is -0.268. The van der Waals surface area contributed by atoms with Crippen LogP contribution >= 0.6 is 0 Å². The highest BCUT2D eigenvalue weighted by Gasteiger charge is 2.25. The van der Waals surface area contributed by atoms with E-state index in [-0.39, 0.29) is 17.4 Å². The SMILES string of the molecule is CC1CN(c2cc(=O)n(C)cn2)CCN1Cc1ccncc1F. The van der Waals surface area contributed by atoms with Crippen molar-refractivity contribution in [1.29, 1.82) is 0 Å². The van der Waals surface area contributed by atoms with E-state index in [1.807, 2.05) is 0 Å². The number of halogens is 1. The normalized spacial score (nSPS) is 19.1. The van der Waals surface area contributed by atoms with Gasteiger partial charge in [0, 0.05) is 57.1 Å². The molecule has 122 valence electrons. The minimum absolute atomic E-state index is 0.0658. The minimum Gasteiger partial charge on any atom is -0.354 e. The van der Waals surface area contributed by atoms with Gasteiger partial charge in [0.05, 0.1) is 12.5 Å². The summed E-state index contributed by atoms with van der Waals surface area (Å²) in [7, 11) is 1.68. The summed E-state index contributed by atoms with van der Waals surface area (Å²) in [5, 5.41) is 0. The van der Waals surface area contributed by atoms with Crippen molar-refractivity contribution in [2.24, 2.45) is 7.05 Å². The maximum Gasteiger partial charge on any atom is 0.255 e. The Morgan fingerprint density at radius 1 is 1.39 bits per heavy atom. The van der Waals surface area contributed by atoms with Crippen LogP contribution in [-0.2, 0) is 13.6 Å². The predicted octanol–water partition coefficient (Wildman–Crippen LogP) is 1.03. The molecule has 0 aromatic carbocycles. The average molecular weight is 317 g/mol. The molecule has 2 aromatic heterocycles. The number of hydrogen-bond acceptors (Lipinski definition) is 5. The second-order valence-corrected chi connectivity index (χ2v) is 5.93. The molecule has 1 aliphatic heterocycles. The molecule has 0 N–H and O–H groups in total. The first-order chi connectivity index (χ1) is 11.0. The summed E-state index contributed by atoms with van der Waals surface area (Å²) in [5.74, 6) is 0.435. The van der Waals surface area contributed by atoms with Crippen LogP contribution in [0.4, 0.5) is 10.2 Å². The van der Waals surface area contributed by atoms with E-state index in [0.29, 0.717) is 17.9 Å². The van der Waals surface area contributed by atoms with Crippen molar-refractivity contribution in [1.82, 2.24) is 19.4 Å². The van der Waals surface area contributed by atoms with Crippen molar-refractivity contribution >= 4 is 5.82 Å². The van der Waals surface area contributed by atoms with Gasteiger partial charge in [0.1, 0.15) is 11.6 Å². The molecule has 7 heteroatoms. The topological polar surface area (TPSA) is 54.3 Å². The fraction of sp³-hybridized carbons (Fsp3) is 0.438. The first-order valence-corrected chi connectivity index (χ1v) is 7.64. The third kappa shape index (κ3) is 3.39. The van der Waals surface area contributed by atoms with E-state index in [9.17, 15) is 9.18 Å². The molecule has 1 atom stereocenters. The van der Waals surface area contributed by atoms with Crippen molar-refractivity contribution in [3.05, 3.63) is 52.6 Å². The number of anilines is 1. The number of hydrogen-bond donors (Lipinski definition) is 0. The van der Waals surface area contributed by atoms with Gasteiger partial charge in [-0.25, -0.2) is 9.37 Å². The highest BCUT2D eigenvalue weighted by Crippen LogP contribution is 2.18. The zero-order valence-electron chi connectivity index (χ0n) is 13.3. The Balaban J connectivity index is 1.68. The number of aryl methyl sites for hydroxylation is 1. The van der Waals surface area contributed by atoms with Crippen LogP contribution in [0.1, 0.15) is 12.5 Å². The lowest BCUT2D eigenvalue weighted by atomic mass is 10.1. The van der Waals surface area contributed by atoms with Gasteiger partial charge in [-0.1, -0.05) is 0 Å². The fourth-order valence-electron chi connectivity index (χ4n) is 2.81. The van der Waals surface area contributed by atoms with Gasteiger partial charge in [-0.2, -0.15) is 0 Å². The van der Waals surface area contributed by atoms with Crippen LogP contribution in [0.3, 0.4) is 0 Å². The van der Waals surface area contributed by atoms with Crippen LogP contribution in [-0.4, -0.2) is 45.1 Å². The molecule has 23 heavy (non-hydrogen) atoms. The van der Waals surface area contributed by atoms with Crippen molar-refractivity contribution in [3.8, 4) is 0 Å². The van der Waals surface area contributed by atoms with Gasteiger partial charge in [0.15, 0.2) is 0 Å². The lowest BCUT2D eigenvalue weighted by Crippen LogP contribution is -2.52. The van der Waals surface area contributed by atoms with Gasteiger partial charge in [0.2, 0.25) is 0 Å². The molecule has 0 saturated carbocycles. The van der Waals surface area contributed by atoms with E-state index < -0.39 is 0 Å². The molecule has 0 aliphatic carbocycles. The fourth-order valence-corrected chi connectivity index (χ4v) is 2.81. The van der Waals surface area contributed by atoms with Crippen LogP contribution in [0.5, 0.6) is 0 Å². The van der Waals surface area contributed by atoms with Crippen LogP contribution in [0.2, 0.25) is 0 Å². The summed E-state index contributed by atoms with van der Waals surface area (Å²) in [6.45, 7) is 4.98. The van der Waals surface area contributed by atoms with Crippen LogP contribution in [0, 0.1) is 5.82 Å². The van der Waals surface area contributed by atoms with Crippen LogP contribution in [0.25, 0.3) is 0 Å². The number of rotatable bonds is 3. The van der Waals surface area contributed by atoms with Gasteiger partial charge >= 0.3 is 0 Å². The molecule has 0 radical (unpaired) electrons. The summed E-state index contributed by atoms with van der Waals surface area (Å²) in [6.07, 6.45) is 4.41. The van der Waals surface area contributed by atoms with Gasteiger partial charge in [-0.05, 0) is 13.0 Å². The summed E-state index contributed by atoms with van der Waals surface area (Å²) in [5.41, 5.74) is 0.593. The molecule has 2 aromatic rings. The highest BCUT2D eigenvalue weighted by atomic mass is 19.1. The number of pyridine rings is 1. The molecular formula is C16H20FN5O. The molecule has 6 nitrogen and oxygen atoms in total. The average Bonchev–Trinajstić information content (AvgIpc) is 2.54. The Morgan fingerprint density at radius 3 is 2.91 bits per heavy atom. The van der Waals surface area contributed by atoms with E-state index in [4.69, 9.17) is 0 Å². The third-order valence-electron chi connectivity index (χ3n) is 4.28. The Hall–Kier alpha value is -2.28. The van der Waals surface area contributed by atoms with Crippen molar-refractivity contribution in [2.75, 3.05) is 24.5 Å². The van der Waals surface area contributed by atoms with Crippen molar-refractivity contribution in [3.63, 3.8) is 0 Å². The summed E-state index contributed by atoms with van der Waals surface area (Å²) in [4.78, 5) is 24.2. The number of piperazine rings is 1. The van der Waals surface area contributed by atoms with Crippen molar-refractivity contribution in [2.45, 2.75) is 19.5 Å². The molecule has 3 rings (SSSR count). The molecule has 1 aliphatic rings. The molecule has 0 amide bonds. The molecule has 1 saturated heterocycles. The lowest BCUT2D eigenvalue weighted by molar-refractivity contribution is 0.178. The predicted molar refractivity (Wildman–Crippen MR) is 85.8 cm³/mol. The quantitative estimate of drug-likeness (QED) is 0.846. The Morgan fingerprint density at radius 2 is 2.22 bits per heavy atom. The van der Waals surface area contributed by atoms with E-state index >= 15 is 0 Å². The second-order valence-electron chi connectivity index (χ2n) is 5.93. The second kappa shape index (κ2) is 6.45. The Kier molecular flexibility index (Phi) is 4.38. The lowest BCUT2D eigenvalue weighted by Gasteiger charge is -2.40. The van der Waals surface area contributed by atoms with Gasteiger partial charge < -0.3 is 9.47 Å². The van der Waals surface area contributed by atoms with Gasteiger partial charge in [-0.15, -0.1) is 0 Å². The molecule has 0 bridgehead atoms. The monoisotopic (exact) mass is 317 g/mol. The molecule has 3 heterocycles. The van der Waals surface area contributed by atoms with Crippen LogP contribution in [0.15, 0.2) is 35.6 Å². The van der Waals surface area contributed by atoms with E-state index in [1.54, 1.807) is 31.7 Å². The van der Waals surface area contributed by atoms with E-state index in [1.165, 1.54) is 10.8 Å². The Labute approximate surface area is 134 Å². The first-order valence-electron chi connectivity index (χ1n) is 7.64. The zero-order chi connectivity index (χ0) is 16.4. The smallest absolute Gasteiger partial charge is 0.255 e. The van der Waals surface area contributed by atoms with E-state index in [0.717, 1.165) is 19.6 Å². The van der Waals surface area contributed by atoms with Crippen LogP contribution < -0.4 is 10.5 Å². The molecule has 1 fully saturated rings. The number of aromatic nitrogens is 3. The standard InChI is InChI=1S/C16H20FN5O/c1-12-9-22(15-7-16(23)20(2)11-19-15)6-5-21(12)10-13-3-4-18-8-14(13)17/h3-4,7-8,11-12H,5-6,9-10H2,1-2H3. The maximum atomic E-state index is 13.7. The number of nitrogens with zero attached hydrogens (tertiary/aromatic N) is 5. The van der Waals surface area contributed by atoms with Gasteiger partial charge in [-0.3, -0.25) is 14.7 Å². The molecule has 1 unspecified atom stereocenters. The Bertz CT molecular complexity index is 747. The van der Waals surface area contributed by atoms with Crippen molar-refractivity contribution < 1.29 is 4.39 Å². The zero-order valence-corrected chi connectivity index (χ0v) is 13.3. The first kappa shape index (κ1) is 15.6. The largest absolute Gasteiger partial charge is 0.354 e. The highest BCUT2D eigenvalue weighted by molar-refractivity contribution is 5.37. The molecular weight excluding hydrogens is 297 g/mol. The summed E-state index contributed by atoms with van der Waals surface area (Å²) >= 11 is 0. The summed E-state index contributed by atoms with van der Waals surface area (Å²) in [6, 6.07) is 3.52. The van der Waals surface area contributed by atoms with Gasteiger partial charge in [0.25, 0.3) is 5.56 Å². The molecule has 0 spiro atoms. The maximum absolute atomic E-state index is 13.7. The van der Waals surface area contributed by atoms with E-state index in [2.05, 4.69) is 26.7 Å². The summed E-state index contributed by atoms with van der Waals surface area (Å²) < 4.78 is 15.2. The third-order valence-corrected chi connectivity index (χ3v) is 4.28.